The minimum atomic E-state index is 0.663. The van der Waals surface area contributed by atoms with Crippen LogP contribution in [0.4, 0.5) is 11.8 Å². The van der Waals surface area contributed by atoms with E-state index in [1.54, 1.807) is 11.8 Å². The van der Waals surface area contributed by atoms with Gasteiger partial charge in [-0.15, -0.1) is 0 Å². The van der Waals surface area contributed by atoms with Gasteiger partial charge in [-0.1, -0.05) is 35.4 Å². The molecule has 0 saturated carbocycles. The molecule has 2 aromatic rings. The number of anilines is 2. The summed E-state index contributed by atoms with van der Waals surface area (Å²) < 4.78 is 0. The number of allylic oxidation sites excluding steroid dienone is 1. The van der Waals surface area contributed by atoms with Crippen LogP contribution in [0.1, 0.15) is 37.7 Å². The van der Waals surface area contributed by atoms with E-state index in [-0.39, 0.29) is 0 Å². The van der Waals surface area contributed by atoms with Crippen molar-refractivity contribution in [2.45, 2.75) is 38.5 Å². The first-order valence-electron chi connectivity index (χ1n) is 9.03. The molecule has 1 aliphatic rings. The maximum absolute atomic E-state index is 5.90. The Morgan fingerprint density at radius 2 is 1.80 bits per heavy atom. The number of aromatic nitrogens is 2. The molecule has 0 radical (unpaired) electrons. The molecule has 1 aliphatic carbocycles. The maximum atomic E-state index is 5.90. The Hall–Kier alpha value is -2.07. The third-order valence-electron chi connectivity index (χ3n) is 4.40. The quantitative estimate of drug-likeness (QED) is 0.647. The normalized spacial score (nSPS) is 14.0. The van der Waals surface area contributed by atoms with E-state index in [0.717, 1.165) is 36.8 Å². The Labute approximate surface area is 154 Å². The average molecular weight is 357 g/mol. The van der Waals surface area contributed by atoms with Crippen LogP contribution < -0.4 is 10.6 Å². The van der Waals surface area contributed by atoms with Crippen LogP contribution in [0.25, 0.3) is 0 Å². The van der Waals surface area contributed by atoms with E-state index < -0.39 is 0 Å². The fourth-order valence-electron chi connectivity index (χ4n) is 2.99. The zero-order valence-corrected chi connectivity index (χ0v) is 15.2. The van der Waals surface area contributed by atoms with E-state index in [1.807, 2.05) is 30.3 Å². The number of benzene rings is 1. The predicted molar refractivity (Wildman–Crippen MR) is 105 cm³/mol. The fraction of sp³-hybridized carbons (Fsp3) is 0.400. The van der Waals surface area contributed by atoms with Crippen LogP contribution in [-0.4, -0.2) is 23.1 Å². The van der Waals surface area contributed by atoms with E-state index >= 15 is 0 Å². The Bertz CT molecular complexity index is 697. The highest BCUT2D eigenvalue weighted by Crippen LogP contribution is 2.20. The van der Waals surface area contributed by atoms with Gasteiger partial charge in [0, 0.05) is 24.3 Å². The minimum Gasteiger partial charge on any atom is -0.370 e. The standard InChI is InChI=1S/C20H25ClN4/c21-18-8-6-17(7-9-18)11-14-23-20-24-15-12-19(25-20)22-13-10-16-4-2-1-3-5-16/h4,6-9,12,15H,1-3,5,10-11,13-14H2,(H2,22,23,24,25). The van der Waals surface area contributed by atoms with Crippen molar-refractivity contribution in [1.29, 1.82) is 0 Å². The Kier molecular flexibility index (Phi) is 6.69. The fourth-order valence-corrected chi connectivity index (χ4v) is 3.12. The van der Waals surface area contributed by atoms with Crippen molar-refractivity contribution < 1.29 is 0 Å². The van der Waals surface area contributed by atoms with Gasteiger partial charge in [-0.25, -0.2) is 4.98 Å². The lowest BCUT2D eigenvalue weighted by molar-refractivity contribution is 0.679. The smallest absolute Gasteiger partial charge is 0.224 e. The summed E-state index contributed by atoms with van der Waals surface area (Å²) >= 11 is 5.90. The summed E-state index contributed by atoms with van der Waals surface area (Å²) in [6, 6.07) is 9.84. The van der Waals surface area contributed by atoms with Crippen LogP contribution in [0, 0.1) is 0 Å². The van der Waals surface area contributed by atoms with Crippen LogP contribution in [0.2, 0.25) is 5.02 Å². The van der Waals surface area contributed by atoms with E-state index in [2.05, 4.69) is 26.7 Å². The van der Waals surface area contributed by atoms with Crippen molar-refractivity contribution in [1.82, 2.24) is 9.97 Å². The van der Waals surface area contributed by atoms with E-state index in [0.29, 0.717) is 5.95 Å². The summed E-state index contributed by atoms with van der Waals surface area (Å²) in [7, 11) is 0. The highest BCUT2D eigenvalue weighted by molar-refractivity contribution is 6.30. The lowest BCUT2D eigenvalue weighted by Crippen LogP contribution is -2.10. The second-order valence-corrected chi connectivity index (χ2v) is 6.79. The van der Waals surface area contributed by atoms with Gasteiger partial charge in [-0.2, -0.15) is 4.98 Å². The zero-order valence-electron chi connectivity index (χ0n) is 14.5. The van der Waals surface area contributed by atoms with Gasteiger partial charge in [0.25, 0.3) is 0 Å². The molecule has 0 spiro atoms. The largest absolute Gasteiger partial charge is 0.370 e. The average Bonchev–Trinajstić information content (AvgIpc) is 2.65. The maximum Gasteiger partial charge on any atom is 0.224 e. The van der Waals surface area contributed by atoms with E-state index in [9.17, 15) is 0 Å². The number of nitrogens with zero attached hydrogens (tertiary/aromatic N) is 2. The first-order chi connectivity index (χ1) is 12.3. The number of hydrogen-bond donors (Lipinski definition) is 2. The summed E-state index contributed by atoms with van der Waals surface area (Å²) in [4.78, 5) is 8.81. The third-order valence-corrected chi connectivity index (χ3v) is 4.65. The highest BCUT2D eigenvalue weighted by Gasteiger charge is 2.04. The van der Waals surface area contributed by atoms with Gasteiger partial charge < -0.3 is 10.6 Å². The van der Waals surface area contributed by atoms with Gasteiger partial charge in [0.2, 0.25) is 5.95 Å². The Morgan fingerprint density at radius 1 is 0.960 bits per heavy atom. The van der Waals surface area contributed by atoms with Crippen molar-refractivity contribution in [2.24, 2.45) is 0 Å². The van der Waals surface area contributed by atoms with Gasteiger partial charge in [-0.05, 0) is 62.3 Å². The summed E-state index contributed by atoms with van der Waals surface area (Å²) in [6.45, 7) is 1.71. The van der Waals surface area contributed by atoms with Gasteiger partial charge in [0.1, 0.15) is 5.82 Å². The van der Waals surface area contributed by atoms with Crippen LogP contribution in [-0.2, 0) is 6.42 Å². The summed E-state index contributed by atoms with van der Waals surface area (Å²) in [5, 5.41) is 7.45. The molecule has 0 unspecified atom stereocenters. The molecule has 0 aliphatic heterocycles. The first kappa shape index (κ1) is 17.7. The summed E-state index contributed by atoms with van der Waals surface area (Å²) in [6.07, 6.45) is 11.4. The predicted octanol–water partition coefficient (Wildman–Crippen LogP) is 5.09. The number of hydrogen-bond acceptors (Lipinski definition) is 4. The topological polar surface area (TPSA) is 49.8 Å². The Balaban J connectivity index is 1.42. The second kappa shape index (κ2) is 9.42. The first-order valence-corrected chi connectivity index (χ1v) is 9.40. The number of nitrogens with one attached hydrogen (secondary N) is 2. The highest BCUT2D eigenvalue weighted by atomic mass is 35.5. The molecular weight excluding hydrogens is 332 g/mol. The molecule has 1 aromatic carbocycles. The number of rotatable bonds is 8. The summed E-state index contributed by atoms with van der Waals surface area (Å²) in [5.74, 6) is 1.54. The van der Waals surface area contributed by atoms with Gasteiger partial charge in [-0.3, -0.25) is 0 Å². The van der Waals surface area contributed by atoms with E-state index in [1.165, 1.54) is 31.2 Å². The molecule has 0 bridgehead atoms. The van der Waals surface area contributed by atoms with Gasteiger partial charge >= 0.3 is 0 Å². The molecule has 0 fully saturated rings. The minimum absolute atomic E-state index is 0.663. The monoisotopic (exact) mass is 356 g/mol. The van der Waals surface area contributed by atoms with Gasteiger partial charge in [0.05, 0.1) is 0 Å². The molecule has 0 saturated heterocycles. The second-order valence-electron chi connectivity index (χ2n) is 6.35. The molecule has 132 valence electrons. The molecule has 25 heavy (non-hydrogen) atoms. The molecule has 0 atom stereocenters. The van der Waals surface area contributed by atoms with Gasteiger partial charge in [0.15, 0.2) is 0 Å². The van der Waals surface area contributed by atoms with Crippen molar-refractivity contribution in [3.63, 3.8) is 0 Å². The van der Waals surface area contributed by atoms with Crippen molar-refractivity contribution in [3.05, 3.63) is 58.8 Å². The van der Waals surface area contributed by atoms with Crippen molar-refractivity contribution in [3.8, 4) is 0 Å². The molecule has 0 amide bonds. The van der Waals surface area contributed by atoms with Crippen LogP contribution in [0.15, 0.2) is 48.2 Å². The lowest BCUT2D eigenvalue weighted by atomic mass is 9.97. The molecule has 4 nitrogen and oxygen atoms in total. The Morgan fingerprint density at radius 3 is 2.60 bits per heavy atom. The molecule has 1 heterocycles. The molecule has 1 aromatic heterocycles. The zero-order chi connectivity index (χ0) is 17.3. The van der Waals surface area contributed by atoms with E-state index in [4.69, 9.17) is 11.6 Å². The van der Waals surface area contributed by atoms with Crippen molar-refractivity contribution >= 4 is 23.4 Å². The molecule has 2 N–H and O–H groups in total. The molecular formula is C20H25ClN4. The summed E-state index contributed by atoms with van der Waals surface area (Å²) in [5.41, 5.74) is 2.82. The molecule has 3 rings (SSSR count). The van der Waals surface area contributed by atoms with Crippen molar-refractivity contribution in [2.75, 3.05) is 23.7 Å². The third kappa shape index (κ3) is 6.05. The number of halogens is 1. The van der Waals surface area contributed by atoms with Crippen LogP contribution in [0.3, 0.4) is 0 Å². The lowest BCUT2D eigenvalue weighted by Gasteiger charge is -2.13. The van der Waals surface area contributed by atoms with Crippen LogP contribution in [0.5, 0.6) is 0 Å². The van der Waals surface area contributed by atoms with Crippen LogP contribution >= 0.6 is 11.6 Å². The SMILES string of the molecule is Clc1ccc(CCNc2nccc(NCCC3=CCCCC3)n2)cc1. The molecule has 5 heteroatoms.